The lowest BCUT2D eigenvalue weighted by atomic mass is 10.1. The summed E-state index contributed by atoms with van der Waals surface area (Å²) in [6.45, 7) is 1.70. The Balaban J connectivity index is 1.51. The van der Waals surface area contributed by atoms with Crippen molar-refractivity contribution in [1.29, 1.82) is 0 Å². The van der Waals surface area contributed by atoms with E-state index in [0.29, 0.717) is 18.0 Å². The topological polar surface area (TPSA) is 62.3 Å². The number of carbonyl (C=O) groups is 2. The molecule has 5 nitrogen and oxygen atoms in total. The smallest absolute Gasteiger partial charge is 0.230 e. The zero-order chi connectivity index (χ0) is 17.5. The summed E-state index contributed by atoms with van der Waals surface area (Å²) >= 11 is 1.37. The molecule has 0 spiro atoms. The minimum Gasteiger partial charge on any atom is -0.342 e. The van der Waals surface area contributed by atoms with Crippen LogP contribution in [0.5, 0.6) is 0 Å². The standard InChI is InChI=1S/C19H23N3O2S/c23-17(12-15-8-4-3-5-9-15)21-19-20-16(14-25-19)13-18(24)22-10-6-1-2-7-11-22/h3-5,8-9,14H,1-2,6-7,10-13H2,(H,20,21,23). The summed E-state index contributed by atoms with van der Waals surface area (Å²) < 4.78 is 0. The third-order valence-electron chi connectivity index (χ3n) is 4.30. The molecule has 2 amide bonds. The Morgan fingerprint density at radius 3 is 2.48 bits per heavy atom. The molecule has 0 saturated carbocycles. The number of hydrogen-bond acceptors (Lipinski definition) is 4. The van der Waals surface area contributed by atoms with Crippen molar-refractivity contribution in [2.75, 3.05) is 18.4 Å². The molecule has 2 heterocycles. The van der Waals surface area contributed by atoms with E-state index in [-0.39, 0.29) is 11.8 Å². The van der Waals surface area contributed by atoms with E-state index in [2.05, 4.69) is 10.3 Å². The number of hydrogen-bond donors (Lipinski definition) is 1. The summed E-state index contributed by atoms with van der Waals surface area (Å²) in [5, 5.41) is 5.23. The SMILES string of the molecule is O=C(Cc1ccccc1)Nc1nc(CC(=O)N2CCCCCC2)cs1. The molecule has 1 fully saturated rings. The number of thiazole rings is 1. The quantitative estimate of drug-likeness (QED) is 0.893. The number of aromatic nitrogens is 1. The maximum Gasteiger partial charge on any atom is 0.230 e. The van der Waals surface area contributed by atoms with Crippen LogP contribution < -0.4 is 5.32 Å². The van der Waals surface area contributed by atoms with Gasteiger partial charge in [-0.2, -0.15) is 0 Å². The van der Waals surface area contributed by atoms with Crippen molar-refractivity contribution in [3.63, 3.8) is 0 Å². The van der Waals surface area contributed by atoms with Crippen LogP contribution in [0.15, 0.2) is 35.7 Å². The molecule has 0 unspecified atom stereocenters. The third-order valence-corrected chi connectivity index (χ3v) is 5.10. The number of carbonyl (C=O) groups excluding carboxylic acids is 2. The molecule has 1 aliphatic rings. The van der Waals surface area contributed by atoms with Gasteiger partial charge in [0.15, 0.2) is 5.13 Å². The van der Waals surface area contributed by atoms with E-state index in [9.17, 15) is 9.59 Å². The van der Waals surface area contributed by atoms with Gasteiger partial charge >= 0.3 is 0 Å². The van der Waals surface area contributed by atoms with Gasteiger partial charge in [0.05, 0.1) is 18.5 Å². The fraction of sp³-hybridized carbons (Fsp3) is 0.421. The van der Waals surface area contributed by atoms with Crippen LogP contribution in [0.1, 0.15) is 36.9 Å². The van der Waals surface area contributed by atoms with Crippen molar-refractivity contribution in [3.05, 3.63) is 47.0 Å². The molecule has 0 bridgehead atoms. The second kappa shape index (κ2) is 8.76. The van der Waals surface area contributed by atoms with Gasteiger partial charge in [-0.25, -0.2) is 4.98 Å². The van der Waals surface area contributed by atoms with Crippen LogP contribution in [0.2, 0.25) is 0 Å². The first-order chi connectivity index (χ1) is 12.2. The first-order valence-electron chi connectivity index (χ1n) is 8.76. The molecule has 1 saturated heterocycles. The van der Waals surface area contributed by atoms with Crippen molar-refractivity contribution in [3.8, 4) is 0 Å². The highest BCUT2D eigenvalue weighted by Crippen LogP contribution is 2.18. The lowest BCUT2D eigenvalue weighted by Gasteiger charge is -2.19. The first kappa shape index (κ1) is 17.6. The molecule has 6 heteroatoms. The third kappa shape index (κ3) is 5.39. The maximum atomic E-state index is 12.4. The molecule has 1 aliphatic heterocycles. The highest BCUT2D eigenvalue weighted by molar-refractivity contribution is 7.13. The van der Waals surface area contributed by atoms with E-state index < -0.39 is 0 Å². The van der Waals surface area contributed by atoms with Crippen LogP contribution >= 0.6 is 11.3 Å². The highest BCUT2D eigenvalue weighted by atomic mass is 32.1. The van der Waals surface area contributed by atoms with E-state index >= 15 is 0 Å². The molecule has 0 atom stereocenters. The van der Waals surface area contributed by atoms with Crippen LogP contribution in [0.25, 0.3) is 0 Å². The number of nitrogens with one attached hydrogen (secondary N) is 1. The first-order valence-corrected chi connectivity index (χ1v) is 9.64. The van der Waals surface area contributed by atoms with Crippen molar-refractivity contribution >= 4 is 28.3 Å². The van der Waals surface area contributed by atoms with Crippen molar-refractivity contribution in [2.24, 2.45) is 0 Å². The molecule has 25 heavy (non-hydrogen) atoms. The van der Waals surface area contributed by atoms with Gasteiger partial charge in [-0.15, -0.1) is 11.3 Å². The minimum atomic E-state index is -0.0917. The van der Waals surface area contributed by atoms with Crippen LogP contribution in [0, 0.1) is 0 Å². The minimum absolute atomic E-state index is 0.0917. The second-order valence-electron chi connectivity index (χ2n) is 6.33. The van der Waals surface area contributed by atoms with Gasteiger partial charge in [0, 0.05) is 18.5 Å². The summed E-state index contributed by atoms with van der Waals surface area (Å²) in [6, 6.07) is 9.60. The van der Waals surface area contributed by atoms with E-state index in [1.807, 2.05) is 40.6 Å². The summed E-state index contributed by atoms with van der Waals surface area (Å²) in [5.41, 5.74) is 1.70. The maximum absolute atomic E-state index is 12.4. The number of anilines is 1. The number of benzene rings is 1. The van der Waals surface area contributed by atoms with Gasteiger partial charge in [-0.05, 0) is 18.4 Å². The predicted molar refractivity (Wildman–Crippen MR) is 99.6 cm³/mol. The molecule has 0 radical (unpaired) electrons. The Labute approximate surface area is 152 Å². The fourth-order valence-electron chi connectivity index (χ4n) is 2.98. The van der Waals surface area contributed by atoms with Gasteiger partial charge in [-0.1, -0.05) is 43.2 Å². The Morgan fingerprint density at radius 2 is 1.76 bits per heavy atom. The fourth-order valence-corrected chi connectivity index (χ4v) is 3.70. The molecule has 1 N–H and O–H groups in total. The number of likely N-dealkylation sites (tertiary alicyclic amines) is 1. The zero-order valence-corrected chi connectivity index (χ0v) is 15.1. The average molecular weight is 357 g/mol. The lowest BCUT2D eigenvalue weighted by Crippen LogP contribution is -2.33. The summed E-state index contributed by atoms with van der Waals surface area (Å²) in [4.78, 5) is 30.8. The molecule has 3 rings (SSSR count). The van der Waals surface area contributed by atoms with E-state index in [1.54, 1.807) is 0 Å². The van der Waals surface area contributed by atoms with Crippen LogP contribution in [-0.2, 0) is 22.4 Å². The average Bonchev–Trinajstić information content (AvgIpc) is 2.86. The molecule has 132 valence electrons. The Bertz CT molecular complexity index is 706. The van der Waals surface area contributed by atoms with Crippen LogP contribution in [-0.4, -0.2) is 34.8 Å². The molecular weight excluding hydrogens is 334 g/mol. The second-order valence-corrected chi connectivity index (χ2v) is 7.18. The molecule has 2 aromatic rings. The molecule has 0 aliphatic carbocycles. The predicted octanol–water partition coefficient (Wildman–Crippen LogP) is 3.27. The van der Waals surface area contributed by atoms with Crippen molar-refractivity contribution in [2.45, 2.75) is 38.5 Å². The Morgan fingerprint density at radius 1 is 1.04 bits per heavy atom. The van der Waals surface area contributed by atoms with E-state index in [0.717, 1.165) is 37.2 Å². The Kier molecular flexibility index (Phi) is 6.17. The highest BCUT2D eigenvalue weighted by Gasteiger charge is 2.17. The van der Waals surface area contributed by atoms with Crippen LogP contribution in [0.3, 0.4) is 0 Å². The van der Waals surface area contributed by atoms with Gasteiger partial charge in [0.1, 0.15) is 0 Å². The zero-order valence-electron chi connectivity index (χ0n) is 14.2. The van der Waals surface area contributed by atoms with Crippen molar-refractivity contribution in [1.82, 2.24) is 9.88 Å². The van der Waals surface area contributed by atoms with E-state index in [4.69, 9.17) is 0 Å². The summed E-state index contributed by atoms with van der Waals surface area (Å²) in [7, 11) is 0. The molecule has 1 aromatic heterocycles. The summed E-state index contributed by atoms with van der Waals surface area (Å²) in [5.74, 6) is 0.0420. The monoisotopic (exact) mass is 357 g/mol. The van der Waals surface area contributed by atoms with Crippen molar-refractivity contribution < 1.29 is 9.59 Å². The van der Waals surface area contributed by atoms with Gasteiger partial charge in [0.2, 0.25) is 11.8 Å². The number of rotatable bonds is 5. The summed E-state index contributed by atoms with van der Waals surface area (Å²) in [6.07, 6.45) is 5.22. The van der Waals surface area contributed by atoms with Gasteiger partial charge in [-0.3, -0.25) is 9.59 Å². The Hall–Kier alpha value is -2.21. The van der Waals surface area contributed by atoms with Crippen LogP contribution in [0.4, 0.5) is 5.13 Å². The normalized spacial score (nSPS) is 14.8. The molecular formula is C19H23N3O2S. The lowest BCUT2D eigenvalue weighted by molar-refractivity contribution is -0.130. The number of nitrogens with zero attached hydrogens (tertiary/aromatic N) is 2. The van der Waals surface area contributed by atoms with E-state index in [1.165, 1.54) is 24.2 Å². The number of amides is 2. The van der Waals surface area contributed by atoms with Gasteiger partial charge in [0.25, 0.3) is 0 Å². The largest absolute Gasteiger partial charge is 0.342 e. The molecule has 1 aromatic carbocycles. The van der Waals surface area contributed by atoms with Gasteiger partial charge < -0.3 is 10.2 Å².